The first kappa shape index (κ1) is 21.8. The number of benzene rings is 3. The van der Waals surface area contributed by atoms with E-state index in [0.29, 0.717) is 6.54 Å². The Morgan fingerprint density at radius 1 is 0.971 bits per heavy atom. The van der Waals surface area contributed by atoms with Crippen molar-refractivity contribution in [3.63, 3.8) is 0 Å². The third kappa shape index (κ3) is 4.15. The van der Waals surface area contributed by atoms with E-state index in [4.69, 9.17) is 9.47 Å². The van der Waals surface area contributed by atoms with Gasteiger partial charge in [0.1, 0.15) is 18.4 Å². The number of nitrogens with zero attached hydrogens (tertiary/aromatic N) is 2. The van der Waals surface area contributed by atoms with E-state index in [1.165, 1.54) is 0 Å². The van der Waals surface area contributed by atoms with Crippen LogP contribution in [0.2, 0.25) is 0 Å². The molecule has 172 valence electrons. The quantitative estimate of drug-likeness (QED) is 0.487. The van der Waals surface area contributed by atoms with Gasteiger partial charge >= 0.3 is 6.09 Å². The normalized spacial score (nSPS) is 22.1. The summed E-state index contributed by atoms with van der Waals surface area (Å²) < 4.78 is 10.7. The highest BCUT2D eigenvalue weighted by Crippen LogP contribution is 2.38. The van der Waals surface area contributed by atoms with Gasteiger partial charge < -0.3 is 14.4 Å². The van der Waals surface area contributed by atoms with Crippen molar-refractivity contribution in [2.45, 2.75) is 24.7 Å². The lowest BCUT2D eigenvalue weighted by Gasteiger charge is -2.49. The molecule has 6 nitrogen and oxygen atoms in total. The Balaban J connectivity index is 1.46. The lowest BCUT2D eigenvalue weighted by atomic mass is 9.89. The van der Waals surface area contributed by atoms with Crippen LogP contribution in [-0.2, 0) is 16.1 Å². The minimum Gasteiger partial charge on any atom is -0.497 e. The lowest BCUT2D eigenvalue weighted by Crippen LogP contribution is -2.69. The summed E-state index contributed by atoms with van der Waals surface area (Å²) in [5.74, 6) is 0.681. The van der Waals surface area contributed by atoms with Gasteiger partial charge in [0, 0.05) is 6.54 Å². The maximum atomic E-state index is 13.4. The molecule has 2 amide bonds. The number of hydrogen-bond acceptors (Lipinski definition) is 4. The molecule has 3 aromatic rings. The summed E-state index contributed by atoms with van der Waals surface area (Å²) in [4.78, 5) is 29.6. The predicted octanol–water partition coefficient (Wildman–Crippen LogP) is 4.68. The minimum atomic E-state index is -0.620. The van der Waals surface area contributed by atoms with Crippen molar-refractivity contribution in [2.24, 2.45) is 0 Å². The topological polar surface area (TPSA) is 59.1 Å². The van der Waals surface area contributed by atoms with Crippen LogP contribution in [0.25, 0.3) is 6.08 Å². The summed E-state index contributed by atoms with van der Waals surface area (Å²) in [6.07, 6.45) is 3.52. The van der Waals surface area contributed by atoms with Gasteiger partial charge in [-0.2, -0.15) is 0 Å². The molecule has 3 atom stereocenters. The molecule has 34 heavy (non-hydrogen) atoms. The van der Waals surface area contributed by atoms with E-state index in [0.717, 1.165) is 22.4 Å². The highest BCUT2D eigenvalue weighted by molar-refractivity contribution is 5.94. The second-order valence-corrected chi connectivity index (χ2v) is 8.43. The van der Waals surface area contributed by atoms with Crippen LogP contribution in [0.15, 0.2) is 91.0 Å². The highest BCUT2D eigenvalue weighted by atomic mass is 16.6. The van der Waals surface area contributed by atoms with E-state index in [2.05, 4.69) is 0 Å². The van der Waals surface area contributed by atoms with E-state index in [1.54, 1.807) is 12.0 Å². The van der Waals surface area contributed by atoms with Crippen LogP contribution in [0.4, 0.5) is 4.79 Å². The number of methoxy groups -OCH3 is 1. The summed E-state index contributed by atoms with van der Waals surface area (Å²) in [6, 6.07) is 26.1. The van der Waals surface area contributed by atoms with Crippen molar-refractivity contribution in [3.05, 3.63) is 108 Å². The first-order chi connectivity index (χ1) is 16.7. The number of carbonyl (C=O) groups excluding carboxylic acids is 2. The summed E-state index contributed by atoms with van der Waals surface area (Å²) in [5, 5.41) is 0. The van der Waals surface area contributed by atoms with Crippen molar-refractivity contribution in [3.8, 4) is 5.75 Å². The van der Waals surface area contributed by atoms with Crippen molar-refractivity contribution < 1.29 is 19.1 Å². The molecule has 0 saturated carbocycles. The fraction of sp³-hybridized carbons (Fsp3) is 0.214. The number of β-lactam (4-membered cyclic amide) rings is 1. The van der Waals surface area contributed by atoms with Crippen LogP contribution in [0.5, 0.6) is 5.75 Å². The van der Waals surface area contributed by atoms with Crippen molar-refractivity contribution in [1.29, 1.82) is 0 Å². The maximum absolute atomic E-state index is 13.4. The average molecular weight is 455 g/mol. The molecule has 5 rings (SSSR count). The molecule has 0 bridgehead atoms. The Bertz CT molecular complexity index is 1200. The fourth-order valence-corrected chi connectivity index (χ4v) is 4.63. The molecule has 2 aliphatic rings. The SMILES string of the molecule is COc1cccc(C=CC2C(N3C(=O)OCC3c3ccccc3)C(=O)N2Cc2ccccc2)c1. The van der Waals surface area contributed by atoms with Crippen LogP contribution in [-0.4, -0.2) is 47.6 Å². The van der Waals surface area contributed by atoms with Gasteiger partial charge in [-0.1, -0.05) is 84.9 Å². The molecule has 0 radical (unpaired) electrons. The van der Waals surface area contributed by atoms with E-state index in [1.807, 2.05) is 102 Å². The summed E-state index contributed by atoms with van der Waals surface area (Å²) in [6.45, 7) is 0.708. The van der Waals surface area contributed by atoms with Gasteiger partial charge in [-0.05, 0) is 28.8 Å². The molecular formula is C28H26N2O4. The Morgan fingerprint density at radius 3 is 2.44 bits per heavy atom. The van der Waals surface area contributed by atoms with Gasteiger partial charge in [-0.3, -0.25) is 9.69 Å². The van der Waals surface area contributed by atoms with Crippen LogP contribution in [0.3, 0.4) is 0 Å². The second kappa shape index (κ2) is 9.43. The van der Waals surface area contributed by atoms with Crippen LogP contribution in [0.1, 0.15) is 22.7 Å². The number of cyclic esters (lactones) is 1. The Labute approximate surface area is 199 Å². The fourth-order valence-electron chi connectivity index (χ4n) is 4.63. The molecule has 2 aliphatic heterocycles. The van der Waals surface area contributed by atoms with Crippen molar-refractivity contribution >= 4 is 18.1 Å². The molecule has 2 fully saturated rings. The number of hydrogen-bond donors (Lipinski definition) is 0. The molecule has 0 N–H and O–H groups in total. The molecule has 3 unspecified atom stereocenters. The summed E-state index contributed by atoms with van der Waals surface area (Å²) in [5.41, 5.74) is 2.96. The van der Waals surface area contributed by atoms with Gasteiger partial charge in [0.2, 0.25) is 5.91 Å². The maximum Gasteiger partial charge on any atom is 0.411 e. The summed E-state index contributed by atoms with van der Waals surface area (Å²) >= 11 is 0. The minimum absolute atomic E-state index is 0.0797. The molecule has 2 heterocycles. The zero-order valence-electron chi connectivity index (χ0n) is 18.9. The third-order valence-electron chi connectivity index (χ3n) is 6.39. The molecule has 0 spiro atoms. The molecular weight excluding hydrogens is 428 g/mol. The monoisotopic (exact) mass is 454 g/mol. The number of carbonyl (C=O) groups is 2. The van der Waals surface area contributed by atoms with Gasteiger partial charge in [0.15, 0.2) is 0 Å². The Hall–Kier alpha value is -4.06. The first-order valence-corrected chi connectivity index (χ1v) is 11.3. The molecule has 0 aliphatic carbocycles. The smallest absolute Gasteiger partial charge is 0.411 e. The first-order valence-electron chi connectivity index (χ1n) is 11.3. The highest BCUT2D eigenvalue weighted by Gasteiger charge is 2.55. The second-order valence-electron chi connectivity index (χ2n) is 8.43. The average Bonchev–Trinajstić information content (AvgIpc) is 3.26. The molecule has 6 heteroatoms. The Kier molecular flexibility index (Phi) is 6.04. The van der Waals surface area contributed by atoms with Crippen LogP contribution < -0.4 is 4.74 Å². The zero-order chi connectivity index (χ0) is 23.5. The molecule has 2 saturated heterocycles. The van der Waals surface area contributed by atoms with Crippen molar-refractivity contribution in [2.75, 3.05) is 13.7 Å². The zero-order valence-corrected chi connectivity index (χ0v) is 18.9. The number of rotatable bonds is 7. The van der Waals surface area contributed by atoms with E-state index < -0.39 is 12.1 Å². The van der Waals surface area contributed by atoms with E-state index >= 15 is 0 Å². The van der Waals surface area contributed by atoms with E-state index in [-0.39, 0.29) is 24.6 Å². The number of amides is 2. The van der Waals surface area contributed by atoms with Gasteiger partial charge in [-0.25, -0.2) is 4.79 Å². The third-order valence-corrected chi connectivity index (χ3v) is 6.39. The Morgan fingerprint density at radius 2 is 1.71 bits per heavy atom. The van der Waals surface area contributed by atoms with Gasteiger partial charge in [-0.15, -0.1) is 0 Å². The molecule has 0 aromatic heterocycles. The van der Waals surface area contributed by atoms with Gasteiger partial charge in [0.05, 0.1) is 19.2 Å². The molecule has 3 aromatic carbocycles. The lowest BCUT2D eigenvalue weighted by molar-refractivity contribution is -0.155. The summed E-state index contributed by atoms with van der Waals surface area (Å²) in [7, 11) is 1.63. The van der Waals surface area contributed by atoms with Gasteiger partial charge in [0.25, 0.3) is 0 Å². The predicted molar refractivity (Wildman–Crippen MR) is 129 cm³/mol. The number of ether oxygens (including phenoxy) is 2. The van der Waals surface area contributed by atoms with Crippen LogP contribution >= 0.6 is 0 Å². The van der Waals surface area contributed by atoms with Crippen molar-refractivity contribution in [1.82, 2.24) is 9.80 Å². The van der Waals surface area contributed by atoms with Crippen LogP contribution in [0, 0.1) is 0 Å². The van der Waals surface area contributed by atoms with E-state index in [9.17, 15) is 9.59 Å². The largest absolute Gasteiger partial charge is 0.497 e. The number of likely N-dealkylation sites (tertiary alicyclic amines) is 1. The standard InChI is InChI=1S/C28H26N2O4/c1-33-23-14-8-11-20(17-23)15-16-24-26(27(31)29(24)18-21-9-4-2-5-10-21)30-25(19-34-28(30)32)22-12-6-3-7-13-22/h2-17,24-26H,18-19H2,1H3.